The fraction of sp³-hybridized carbons (Fsp3) is 0.364. The molecule has 0 aromatic heterocycles. The molecule has 0 aliphatic carbocycles. The number of cyclic esters (lactones) is 1. The molecular formula is C11H11BrO2. The maximum Gasteiger partial charge on any atom is 0.338 e. The van der Waals surface area contributed by atoms with E-state index in [1.54, 1.807) is 0 Å². The van der Waals surface area contributed by atoms with Gasteiger partial charge in [-0.25, -0.2) is 4.79 Å². The van der Waals surface area contributed by atoms with Gasteiger partial charge >= 0.3 is 5.97 Å². The van der Waals surface area contributed by atoms with Crippen LogP contribution in [0.25, 0.3) is 0 Å². The molecule has 0 saturated carbocycles. The van der Waals surface area contributed by atoms with Gasteiger partial charge in [0.25, 0.3) is 0 Å². The summed E-state index contributed by atoms with van der Waals surface area (Å²) < 4.78 is 4.94. The molecule has 0 radical (unpaired) electrons. The van der Waals surface area contributed by atoms with E-state index >= 15 is 0 Å². The third-order valence-corrected chi connectivity index (χ3v) is 3.48. The number of carbonyl (C=O) groups excluding carboxylic acids is 1. The Morgan fingerprint density at radius 1 is 1.57 bits per heavy atom. The second-order valence-corrected chi connectivity index (χ2v) is 4.20. The highest BCUT2D eigenvalue weighted by molar-refractivity contribution is 9.09. The van der Waals surface area contributed by atoms with Gasteiger partial charge in [-0.05, 0) is 17.5 Å². The Morgan fingerprint density at radius 3 is 3.07 bits per heavy atom. The molecule has 1 aromatic rings. The molecule has 74 valence electrons. The van der Waals surface area contributed by atoms with Gasteiger partial charge in [-0.1, -0.05) is 35.0 Å². The van der Waals surface area contributed by atoms with Gasteiger partial charge in [0.15, 0.2) is 0 Å². The highest BCUT2D eigenvalue weighted by Gasteiger charge is 2.21. The summed E-state index contributed by atoms with van der Waals surface area (Å²) in [4.78, 5) is 11.2. The first kappa shape index (κ1) is 9.71. The molecule has 0 amide bonds. The van der Waals surface area contributed by atoms with Gasteiger partial charge < -0.3 is 4.74 Å². The fourth-order valence-corrected chi connectivity index (χ4v) is 1.92. The van der Waals surface area contributed by atoms with Crippen molar-refractivity contribution in [1.29, 1.82) is 0 Å². The molecule has 0 fully saturated rings. The lowest BCUT2D eigenvalue weighted by molar-refractivity contribution is 0.0535. The quantitative estimate of drug-likeness (QED) is 0.600. The summed E-state index contributed by atoms with van der Waals surface area (Å²) in [7, 11) is 0. The summed E-state index contributed by atoms with van der Waals surface area (Å²) in [6, 6.07) is 5.92. The Hall–Kier alpha value is -0.830. The molecule has 2 nitrogen and oxygen atoms in total. The first-order valence-electron chi connectivity index (χ1n) is 4.58. The molecule has 1 unspecified atom stereocenters. The molecule has 1 aliphatic heterocycles. The molecule has 0 saturated heterocycles. The third-order valence-electron chi connectivity index (χ3n) is 2.51. The van der Waals surface area contributed by atoms with Gasteiger partial charge in [0.05, 0.1) is 5.56 Å². The van der Waals surface area contributed by atoms with Crippen molar-refractivity contribution in [2.24, 2.45) is 0 Å². The Morgan fingerprint density at radius 2 is 2.36 bits per heavy atom. The lowest BCUT2D eigenvalue weighted by Crippen LogP contribution is -1.97. The van der Waals surface area contributed by atoms with Crippen molar-refractivity contribution < 1.29 is 9.53 Å². The highest BCUT2D eigenvalue weighted by atomic mass is 79.9. The highest BCUT2D eigenvalue weighted by Crippen LogP contribution is 2.25. The summed E-state index contributed by atoms with van der Waals surface area (Å²) >= 11 is 3.45. The standard InChI is InChI=1S/C11H11BrO2/c1-7(5-12)8-2-3-10-9(4-8)6-14-11(10)13/h2-4,7H,5-6H2,1H3. The van der Waals surface area contributed by atoms with Crippen molar-refractivity contribution in [2.45, 2.75) is 19.4 Å². The summed E-state index contributed by atoms with van der Waals surface area (Å²) in [6.07, 6.45) is 0. The van der Waals surface area contributed by atoms with E-state index in [-0.39, 0.29) is 5.97 Å². The number of carbonyl (C=O) groups is 1. The number of ether oxygens (including phenoxy) is 1. The zero-order valence-electron chi connectivity index (χ0n) is 7.92. The predicted molar refractivity (Wildman–Crippen MR) is 57.8 cm³/mol. The van der Waals surface area contributed by atoms with E-state index in [9.17, 15) is 4.79 Å². The molecule has 2 rings (SSSR count). The van der Waals surface area contributed by atoms with Crippen LogP contribution in [0.1, 0.15) is 34.3 Å². The van der Waals surface area contributed by atoms with Gasteiger partial charge in [-0.15, -0.1) is 0 Å². The van der Waals surface area contributed by atoms with Gasteiger partial charge in [0.1, 0.15) is 6.61 Å². The third kappa shape index (κ3) is 1.57. The lowest BCUT2D eigenvalue weighted by Gasteiger charge is -2.08. The smallest absolute Gasteiger partial charge is 0.338 e. The van der Waals surface area contributed by atoms with E-state index in [1.165, 1.54) is 5.56 Å². The molecule has 0 spiro atoms. The zero-order valence-corrected chi connectivity index (χ0v) is 9.50. The first-order valence-corrected chi connectivity index (χ1v) is 5.70. The monoisotopic (exact) mass is 254 g/mol. The fourth-order valence-electron chi connectivity index (χ4n) is 1.55. The van der Waals surface area contributed by atoms with Crippen LogP contribution in [0.3, 0.4) is 0 Å². The normalized spacial score (nSPS) is 16.3. The summed E-state index contributed by atoms with van der Waals surface area (Å²) in [5.74, 6) is 0.272. The van der Waals surface area contributed by atoms with E-state index in [1.807, 2.05) is 12.1 Å². The van der Waals surface area contributed by atoms with Crippen molar-refractivity contribution in [2.75, 3.05) is 5.33 Å². The van der Waals surface area contributed by atoms with Crippen LogP contribution in [0.5, 0.6) is 0 Å². The van der Waals surface area contributed by atoms with Crippen molar-refractivity contribution in [3.05, 3.63) is 34.9 Å². The van der Waals surface area contributed by atoms with Crippen LogP contribution >= 0.6 is 15.9 Å². The SMILES string of the molecule is CC(CBr)c1ccc2c(c1)COC2=O. The zero-order chi connectivity index (χ0) is 10.1. The van der Waals surface area contributed by atoms with E-state index < -0.39 is 0 Å². The number of hydrogen-bond acceptors (Lipinski definition) is 2. The lowest BCUT2D eigenvalue weighted by atomic mass is 9.98. The van der Waals surface area contributed by atoms with Crippen molar-refractivity contribution in [3.8, 4) is 0 Å². The number of fused-ring (bicyclic) bond motifs is 1. The van der Waals surface area contributed by atoms with Crippen LogP contribution in [-0.4, -0.2) is 11.3 Å². The number of alkyl halides is 1. The molecule has 14 heavy (non-hydrogen) atoms. The molecule has 0 N–H and O–H groups in total. The minimum atomic E-state index is -0.196. The molecule has 1 atom stereocenters. The second kappa shape index (κ2) is 3.73. The Labute approximate surface area is 91.4 Å². The molecule has 3 heteroatoms. The Kier molecular flexibility index (Phi) is 2.59. The number of benzene rings is 1. The van der Waals surface area contributed by atoms with Crippen LogP contribution in [0.4, 0.5) is 0 Å². The number of esters is 1. The van der Waals surface area contributed by atoms with Crippen LogP contribution < -0.4 is 0 Å². The van der Waals surface area contributed by atoms with Gasteiger partial charge in [-0.3, -0.25) is 0 Å². The van der Waals surface area contributed by atoms with E-state index in [2.05, 4.69) is 28.9 Å². The Balaban J connectivity index is 2.37. The van der Waals surface area contributed by atoms with E-state index in [0.717, 1.165) is 16.5 Å². The second-order valence-electron chi connectivity index (χ2n) is 3.55. The van der Waals surface area contributed by atoms with E-state index in [4.69, 9.17) is 4.74 Å². The molecule has 1 heterocycles. The average Bonchev–Trinajstić information content (AvgIpc) is 2.59. The van der Waals surface area contributed by atoms with Gasteiger partial charge in [0.2, 0.25) is 0 Å². The minimum absolute atomic E-state index is 0.196. The minimum Gasteiger partial charge on any atom is -0.457 e. The Bertz CT molecular complexity index is 374. The van der Waals surface area contributed by atoms with Gasteiger partial charge in [-0.2, -0.15) is 0 Å². The maximum atomic E-state index is 11.2. The molecule has 1 aliphatic rings. The molecule has 0 bridgehead atoms. The number of hydrogen-bond donors (Lipinski definition) is 0. The van der Waals surface area contributed by atoms with Crippen LogP contribution in [0.15, 0.2) is 18.2 Å². The summed E-state index contributed by atoms with van der Waals surface area (Å²) in [5, 5.41) is 0.931. The summed E-state index contributed by atoms with van der Waals surface area (Å²) in [6.45, 7) is 2.57. The number of rotatable bonds is 2. The maximum absolute atomic E-state index is 11.2. The van der Waals surface area contributed by atoms with Crippen molar-refractivity contribution in [3.63, 3.8) is 0 Å². The topological polar surface area (TPSA) is 26.3 Å². The first-order chi connectivity index (χ1) is 6.72. The van der Waals surface area contributed by atoms with Crippen LogP contribution in [0.2, 0.25) is 0 Å². The molecular weight excluding hydrogens is 244 g/mol. The van der Waals surface area contributed by atoms with Crippen LogP contribution in [0, 0.1) is 0 Å². The predicted octanol–water partition coefficient (Wildman–Crippen LogP) is 2.86. The van der Waals surface area contributed by atoms with Crippen molar-refractivity contribution >= 4 is 21.9 Å². The largest absolute Gasteiger partial charge is 0.457 e. The van der Waals surface area contributed by atoms with Crippen LogP contribution in [-0.2, 0) is 11.3 Å². The van der Waals surface area contributed by atoms with Gasteiger partial charge in [0, 0.05) is 10.9 Å². The average molecular weight is 255 g/mol. The molecule has 1 aromatic carbocycles. The van der Waals surface area contributed by atoms with E-state index in [0.29, 0.717) is 12.5 Å². The summed E-state index contributed by atoms with van der Waals surface area (Å²) in [5.41, 5.74) is 2.98. The number of halogens is 1. The van der Waals surface area contributed by atoms with Crippen molar-refractivity contribution in [1.82, 2.24) is 0 Å².